The van der Waals surface area contributed by atoms with Gasteiger partial charge in [-0.15, -0.1) is 0 Å². The number of hydrogen-bond acceptors (Lipinski definition) is 2. The van der Waals surface area contributed by atoms with Crippen molar-refractivity contribution >= 4 is 0 Å². The molecule has 0 aliphatic rings. The molecule has 0 aliphatic carbocycles. The van der Waals surface area contributed by atoms with Crippen LogP contribution >= 0.6 is 0 Å². The molecule has 3 aromatic rings. The molecule has 0 fully saturated rings. The number of rotatable bonds is 2. The van der Waals surface area contributed by atoms with Gasteiger partial charge in [0.15, 0.2) is 0 Å². The van der Waals surface area contributed by atoms with Gasteiger partial charge in [-0.05, 0) is 23.8 Å². The van der Waals surface area contributed by atoms with Crippen molar-refractivity contribution in [1.82, 2.24) is 15.2 Å². The fourth-order valence-corrected chi connectivity index (χ4v) is 1.68. The first-order valence-electron chi connectivity index (χ1n) is 5.41. The average molecular weight is 227 g/mol. The van der Waals surface area contributed by atoms with Crippen LogP contribution in [-0.2, 0) is 0 Å². The van der Waals surface area contributed by atoms with Gasteiger partial charge in [-0.3, -0.25) is 4.98 Å². The summed E-state index contributed by atoms with van der Waals surface area (Å²) in [6, 6.07) is 17.7. The van der Waals surface area contributed by atoms with Crippen LogP contribution in [0.2, 0.25) is 0 Å². The van der Waals surface area contributed by atoms with E-state index in [1.807, 2.05) is 54.6 Å². The second-order valence-electron chi connectivity index (χ2n) is 3.70. The molecule has 0 unspecified atom stereocenters. The molecule has 1 aromatic carbocycles. The third-order valence-corrected chi connectivity index (χ3v) is 2.54. The van der Waals surface area contributed by atoms with Gasteiger partial charge in [0.25, 0.3) is 0 Å². The largest absolute Gasteiger partial charge is 1.00 e. The van der Waals surface area contributed by atoms with Crippen LogP contribution in [0, 0.1) is 0 Å². The zero-order valence-corrected chi connectivity index (χ0v) is 10.1. The fourth-order valence-electron chi connectivity index (χ4n) is 1.68. The van der Waals surface area contributed by atoms with Crippen molar-refractivity contribution < 1.29 is 18.9 Å². The molecule has 82 valence electrons. The van der Waals surface area contributed by atoms with Gasteiger partial charge in [-0.25, -0.2) is 0 Å². The Kier molecular flexibility index (Phi) is 3.98. The summed E-state index contributed by atoms with van der Waals surface area (Å²) in [5.74, 6) is 0. The minimum Gasteiger partial charge on any atom is -0.573 e. The van der Waals surface area contributed by atoms with Crippen LogP contribution in [0.1, 0.15) is 0 Å². The molecule has 0 atom stereocenters. The van der Waals surface area contributed by atoms with Crippen molar-refractivity contribution in [3.63, 3.8) is 0 Å². The minimum absolute atomic E-state index is 0. The summed E-state index contributed by atoms with van der Waals surface area (Å²) in [6.07, 6.45) is 1.76. The fraction of sp³-hybridized carbons (Fsp3) is 0. The van der Waals surface area contributed by atoms with Crippen molar-refractivity contribution in [3.8, 4) is 22.6 Å². The van der Waals surface area contributed by atoms with E-state index in [0.29, 0.717) is 0 Å². The van der Waals surface area contributed by atoms with E-state index >= 15 is 0 Å². The van der Waals surface area contributed by atoms with Gasteiger partial charge in [0.1, 0.15) is 0 Å². The average Bonchev–Trinajstić information content (AvgIpc) is 2.90. The molecular weight excluding hydrogens is 217 g/mol. The van der Waals surface area contributed by atoms with Crippen LogP contribution < -0.4 is 24.0 Å². The van der Waals surface area contributed by atoms with E-state index in [1.165, 1.54) is 0 Å². The number of benzene rings is 1. The van der Waals surface area contributed by atoms with Gasteiger partial charge < -0.3 is 10.2 Å². The Labute approximate surface area is 117 Å². The first kappa shape index (κ1) is 12.6. The Balaban J connectivity index is 0.00000120. The van der Waals surface area contributed by atoms with Crippen molar-refractivity contribution in [2.45, 2.75) is 0 Å². The van der Waals surface area contributed by atoms with E-state index in [1.54, 1.807) is 6.20 Å². The first-order valence-corrected chi connectivity index (χ1v) is 5.41. The Morgan fingerprint density at radius 1 is 0.833 bits per heavy atom. The summed E-state index contributed by atoms with van der Waals surface area (Å²) in [7, 11) is 0. The summed E-state index contributed by atoms with van der Waals surface area (Å²) in [4.78, 5) is 4.25. The number of pyridine rings is 1. The second kappa shape index (κ2) is 5.68. The van der Waals surface area contributed by atoms with Crippen LogP contribution in [0.25, 0.3) is 22.6 Å². The van der Waals surface area contributed by atoms with E-state index in [9.17, 15) is 0 Å². The van der Waals surface area contributed by atoms with E-state index in [-0.39, 0.29) is 18.9 Å². The first-order chi connectivity index (χ1) is 8.43. The standard InChI is InChI=1S/C14H10N3.Li/c1-2-6-11(7-3-1)13-10-14(17-16-13)12-8-4-5-9-15-12;/h1-10H;/q-1;+1. The third-order valence-electron chi connectivity index (χ3n) is 2.54. The summed E-state index contributed by atoms with van der Waals surface area (Å²) in [6.45, 7) is 0. The predicted molar refractivity (Wildman–Crippen MR) is 66.2 cm³/mol. The monoisotopic (exact) mass is 227 g/mol. The third kappa shape index (κ3) is 2.53. The topological polar surface area (TPSA) is 39.9 Å². The Morgan fingerprint density at radius 3 is 2.33 bits per heavy atom. The number of nitrogens with zero attached hydrogens (tertiary/aromatic N) is 3. The zero-order valence-electron chi connectivity index (χ0n) is 10.1. The number of hydrogen-bond donors (Lipinski definition) is 0. The zero-order chi connectivity index (χ0) is 11.5. The van der Waals surface area contributed by atoms with Crippen LogP contribution in [0.3, 0.4) is 0 Å². The SMILES string of the molecule is [Li+].c1ccc(-c2cc(-c3ccccn3)[n-]n2)cc1. The minimum atomic E-state index is 0. The molecule has 0 N–H and O–H groups in total. The molecule has 4 heteroatoms. The summed E-state index contributed by atoms with van der Waals surface area (Å²) >= 11 is 0. The molecule has 0 radical (unpaired) electrons. The van der Waals surface area contributed by atoms with Crippen LogP contribution in [0.4, 0.5) is 0 Å². The molecular formula is C14H10LiN3. The molecule has 0 aliphatic heterocycles. The molecule has 0 amide bonds. The maximum atomic E-state index is 4.25. The molecule has 3 rings (SSSR count). The molecule has 0 saturated heterocycles. The Bertz CT molecular complexity index is 551. The van der Waals surface area contributed by atoms with E-state index < -0.39 is 0 Å². The molecule has 3 nitrogen and oxygen atoms in total. The van der Waals surface area contributed by atoms with E-state index in [2.05, 4.69) is 15.2 Å². The summed E-state index contributed by atoms with van der Waals surface area (Å²) in [5, 5.41) is 8.32. The Hall–Kier alpha value is -1.82. The van der Waals surface area contributed by atoms with E-state index in [4.69, 9.17) is 0 Å². The predicted octanol–water partition coefficient (Wildman–Crippen LogP) is -0.228. The van der Waals surface area contributed by atoms with Crippen molar-refractivity contribution in [3.05, 3.63) is 60.8 Å². The van der Waals surface area contributed by atoms with Crippen molar-refractivity contribution in [2.24, 2.45) is 0 Å². The smallest absolute Gasteiger partial charge is 0.573 e. The molecule has 0 saturated carbocycles. The molecule has 2 aromatic heterocycles. The van der Waals surface area contributed by atoms with Gasteiger partial charge in [0.05, 0.1) is 0 Å². The Morgan fingerprint density at radius 2 is 1.61 bits per heavy atom. The molecule has 18 heavy (non-hydrogen) atoms. The molecule has 2 heterocycles. The van der Waals surface area contributed by atoms with Crippen LogP contribution in [-0.4, -0.2) is 10.1 Å². The maximum Gasteiger partial charge on any atom is 1.00 e. The van der Waals surface area contributed by atoms with Gasteiger partial charge in [-0.2, -0.15) is 0 Å². The number of aromatic nitrogens is 3. The van der Waals surface area contributed by atoms with E-state index in [0.717, 1.165) is 22.6 Å². The van der Waals surface area contributed by atoms with Gasteiger partial charge in [-0.1, -0.05) is 42.1 Å². The second-order valence-corrected chi connectivity index (χ2v) is 3.70. The maximum absolute atomic E-state index is 4.25. The van der Waals surface area contributed by atoms with Gasteiger partial charge in [0.2, 0.25) is 0 Å². The van der Waals surface area contributed by atoms with Gasteiger partial charge >= 0.3 is 18.9 Å². The van der Waals surface area contributed by atoms with Crippen molar-refractivity contribution in [2.75, 3.05) is 0 Å². The van der Waals surface area contributed by atoms with Crippen LogP contribution in [0.15, 0.2) is 60.8 Å². The summed E-state index contributed by atoms with van der Waals surface area (Å²) in [5.41, 5.74) is 3.61. The summed E-state index contributed by atoms with van der Waals surface area (Å²) < 4.78 is 0. The van der Waals surface area contributed by atoms with Gasteiger partial charge in [0, 0.05) is 17.6 Å². The normalized spacial score (nSPS) is 9.78. The van der Waals surface area contributed by atoms with Crippen molar-refractivity contribution in [1.29, 1.82) is 0 Å². The molecule has 0 bridgehead atoms. The quantitative estimate of drug-likeness (QED) is 0.568. The van der Waals surface area contributed by atoms with Crippen LogP contribution in [0.5, 0.6) is 0 Å². The molecule has 0 spiro atoms.